The molecule has 3 heteroatoms. The van der Waals surface area contributed by atoms with Crippen molar-refractivity contribution in [3.63, 3.8) is 0 Å². The van der Waals surface area contributed by atoms with Gasteiger partial charge in [-0.15, -0.1) is 0 Å². The van der Waals surface area contributed by atoms with Crippen molar-refractivity contribution in [1.82, 2.24) is 5.32 Å². The molecule has 2 nitrogen and oxygen atoms in total. The van der Waals surface area contributed by atoms with Crippen LogP contribution < -0.4 is 5.32 Å². The Morgan fingerprint density at radius 3 is 2.69 bits per heavy atom. The topological polar surface area (TPSA) is 29.1 Å². The van der Waals surface area contributed by atoms with Crippen LogP contribution in [0.3, 0.4) is 0 Å². The monoisotopic (exact) mass is 245 g/mol. The maximum Gasteiger partial charge on any atom is 0.0359 e. The van der Waals surface area contributed by atoms with Gasteiger partial charge in [-0.1, -0.05) is 33.1 Å². The summed E-state index contributed by atoms with van der Waals surface area (Å²) in [5, 5.41) is 3.47. The molecular weight excluding hydrogens is 218 g/mol. The van der Waals surface area contributed by atoms with E-state index >= 15 is 0 Å². The molecule has 1 aliphatic rings. The molecule has 0 amide bonds. The molecule has 0 aromatic rings. The molecule has 0 heterocycles. The molecule has 1 saturated carbocycles. The van der Waals surface area contributed by atoms with Crippen LogP contribution in [0, 0.1) is 11.8 Å². The Labute approximate surface area is 103 Å². The summed E-state index contributed by atoms with van der Waals surface area (Å²) in [4.78, 5) is 0. The normalized spacial score (nSPS) is 27.9. The predicted molar refractivity (Wildman–Crippen MR) is 72.2 cm³/mol. The third-order valence-corrected chi connectivity index (χ3v) is 5.03. The van der Waals surface area contributed by atoms with E-state index in [1.54, 1.807) is 0 Å². The van der Waals surface area contributed by atoms with Crippen LogP contribution in [-0.2, 0) is 10.8 Å². The molecule has 0 aromatic heterocycles. The Balaban J connectivity index is 2.06. The van der Waals surface area contributed by atoms with Crippen molar-refractivity contribution >= 4 is 10.8 Å². The van der Waals surface area contributed by atoms with Gasteiger partial charge in [0.2, 0.25) is 0 Å². The molecule has 0 saturated heterocycles. The average Bonchev–Trinajstić information content (AvgIpc) is 2.34. The summed E-state index contributed by atoms with van der Waals surface area (Å²) in [6.45, 7) is 6.36. The summed E-state index contributed by atoms with van der Waals surface area (Å²) in [5.41, 5.74) is 0. The first-order valence-corrected chi connectivity index (χ1v) is 8.30. The molecule has 96 valence electrons. The third-order valence-electron chi connectivity index (χ3n) is 3.73. The van der Waals surface area contributed by atoms with E-state index in [4.69, 9.17) is 0 Å². The Morgan fingerprint density at radius 1 is 1.25 bits per heavy atom. The summed E-state index contributed by atoms with van der Waals surface area (Å²) in [6.07, 6.45) is 6.98. The molecule has 0 bridgehead atoms. The second kappa shape index (κ2) is 8.24. The van der Waals surface area contributed by atoms with Crippen molar-refractivity contribution in [1.29, 1.82) is 0 Å². The molecule has 0 spiro atoms. The van der Waals surface area contributed by atoms with Gasteiger partial charge in [0.15, 0.2) is 0 Å². The van der Waals surface area contributed by atoms with Gasteiger partial charge in [-0.05, 0) is 31.2 Å². The Hall–Kier alpha value is 0.110. The minimum atomic E-state index is -0.605. The maximum atomic E-state index is 11.2. The highest BCUT2D eigenvalue weighted by molar-refractivity contribution is 7.84. The summed E-state index contributed by atoms with van der Waals surface area (Å²) in [6, 6.07) is 0. The zero-order chi connectivity index (χ0) is 11.8. The standard InChI is InChI=1S/C13H27NOS/c1-3-12-6-5-7-13(10-12)11-14-8-9-16(15)4-2/h12-14H,3-11H2,1-2H3. The molecule has 0 aromatic carbocycles. The van der Waals surface area contributed by atoms with Gasteiger partial charge in [0.05, 0.1) is 0 Å². The van der Waals surface area contributed by atoms with E-state index in [1.807, 2.05) is 6.92 Å². The lowest BCUT2D eigenvalue weighted by atomic mass is 9.80. The largest absolute Gasteiger partial charge is 0.316 e. The van der Waals surface area contributed by atoms with E-state index in [2.05, 4.69) is 12.2 Å². The molecule has 1 aliphatic carbocycles. The summed E-state index contributed by atoms with van der Waals surface area (Å²) in [7, 11) is -0.605. The van der Waals surface area contributed by atoms with Crippen LogP contribution >= 0.6 is 0 Å². The van der Waals surface area contributed by atoms with Crippen LogP contribution in [0.25, 0.3) is 0 Å². The number of nitrogens with one attached hydrogen (secondary N) is 1. The highest BCUT2D eigenvalue weighted by Gasteiger charge is 2.19. The van der Waals surface area contributed by atoms with E-state index in [0.717, 1.165) is 36.4 Å². The second-order valence-corrected chi connectivity index (χ2v) is 6.81. The predicted octanol–water partition coefficient (Wildman–Crippen LogP) is 2.56. The lowest BCUT2D eigenvalue weighted by Crippen LogP contribution is -2.30. The summed E-state index contributed by atoms with van der Waals surface area (Å²) < 4.78 is 11.2. The van der Waals surface area contributed by atoms with Crippen molar-refractivity contribution in [3.8, 4) is 0 Å². The van der Waals surface area contributed by atoms with Crippen LogP contribution in [0.15, 0.2) is 0 Å². The van der Waals surface area contributed by atoms with Crippen LogP contribution in [0.5, 0.6) is 0 Å². The number of hydrogen-bond donors (Lipinski definition) is 1. The Kier molecular flexibility index (Phi) is 7.30. The molecular formula is C13H27NOS. The first-order valence-electron chi connectivity index (χ1n) is 6.81. The molecule has 1 rings (SSSR count). The molecule has 1 fully saturated rings. The second-order valence-electron chi connectivity index (χ2n) is 4.94. The minimum absolute atomic E-state index is 0.605. The van der Waals surface area contributed by atoms with E-state index in [-0.39, 0.29) is 0 Å². The first kappa shape index (κ1) is 14.2. The average molecular weight is 245 g/mol. The lowest BCUT2D eigenvalue weighted by molar-refractivity contribution is 0.255. The van der Waals surface area contributed by atoms with Crippen molar-refractivity contribution in [2.45, 2.75) is 46.0 Å². The smallest absolute Gasteiger partial charge is 0.0359 e. The van der Waals surface area contributed by atoms with E-state index in [0.29, 0.717) is 0 Å². The molecule has 0 aliphatic heterocycles. The third kappa shape index (κ3) is 5.44. The van der Waals surface area contributed by atoms with Crippen molar-refractivity contribution in [2.75, 3.05) is 24.6 Å². The molecule has 1 N–H and O–H groups in total. The number of hydrogen-bond acceptors (Lipinski definition) is 2. The van der Waals surface area contributed by atoms with E-state index < -0.39 is 10.8 Å². The maximum absolute atomic E-state index is 11.2. The van der Waals surface area contributed by atoms with Gasteiger partial charge < -0.3 is 5.32 Å². The quantitative estimate of drug-likeness (QED) is 0.699. The molecule has 3 atom stereocenters. The SMILES string of the molecule is CCC1CCCC(CNCCS(=O)CC)C1. The van der Waals surface area contributed by atoms with Gasteiger partial charge in [-0.25, -0.2) is 0 Å². The summed E-state index contributed by atoms with van der Waals surface area (Å²) in [5.74, 6) is 3.45. The van der Waals surface area contributed by atoms with Gasteiger partial charge in [-0.2, -0.15) is 0 Å². The fraction of sp³-hybridized carbons (Fsp3) is 1.00. The van der Waals surface area contributed by atoms with Crippen molar-refractivity contribution in [2.24, 2.45) is 11.8 Å². The van der Waals surface area contributed by atoms with Crippen LogP contribution in [0.2, 0.25) is 0 Å². The van der Waals surface area contributed by atoms with Gasteiger partial charge in [0.1, 0.15) is 0 Å². The van der Waals surface area contributed by atoms with Crippen LogP contribution in [0.4, 0.5) is 0 Å². The van der Waals surface area contributed by atoms with Crippen LogP contribution in [-0.4, -0.2) is 28.8 Å². The van der Waals surface area contributed by atoms with Crippen LogP contribution in [0.1, 0.15) is 46.0 Å². The van der Waals surface area contributed by atoms with Gasteiger partial charge in [0.25, 0.3) is 0 Å². The van der Waals surface area contributed by atoms with Gasteiger partial charge in [0, 0.05) is 28.9 Å². The highest BCUT2D eigenvalue weighted by Crippen LogP contribution is 2.30. The lowest BCUT2D eigenvalue weighted by Gasteiger charge is -2.28. The Bertz CT molecular complexity index is 208. The van der Waals surface area contributed by atoms with Crippen molar-refractivity contribution in [3.05, 3.63) is 0 Å². The molecule has 16 heavy (non-hydrogen) atoms. The number of rotatable bonds is 7. The van der Waals surface area contributed by atoms with Crippen molar-refractivity contribution < 1.29 is 4.21 Å². The zero-order valence-electron chi connectivity index (χ0n) is 10.8. The van der Waals surface area contributed by atoms with Gasteiger partial charge in [-0.3, -0.25) is 4.21 Å². The minimum Gasteiger partial charge on any atom is -0.316 e. The van der Waals surface area contributed by atoms with E-state index in [9.17, 15) is 4.21 Å². The van der Waals surface area contributed by atoms with Gasteiger partial charge >= 0.3 is 0 Å². The zero-order valence-corrected chi connectivity index (χ0v) is 11.7. The molecule has 0 radical (unpaired) electrons. The molecule has 3 unspecified atom stereocenters. The fourth-order valence-electron chi connectivity index (χ4n) is 2.60. The van der Waals surface area contributed by atoms with E-state index in [1.165, 1.54) is 32.1 Å². The highest BCUT2D eigenvalue weighted by atomic mass is 32.2. The fourth-order valence-corrected chi connectivity index (χ4v) is 3.26. The first-order chi connectivity index (χ1) is 7.76. The Morgan fingerprint density at radius 2 is 2.00 bits per heavy atom. The summed E-state index contributed by atoms with van der Waals surface area (Å²) >= 11 is 0.